The van der Waals surface area contributed by atoms with E-state index in [1.165, 1.54) is 7.11 Å². The molecule has 3 aliphatic rings. The van der Waals surface area contributed by atoms with Gasteiger partial charge in [0.1, 0.15) is 42.4 Å². The first-order valence-electron chi connectivity index (χ1n) is 20.1. The van der Waals surface area contributed by atoms with Gasteiger partial charge in [0.05, 0.1) is 36.9 Å². The number of aliphatic hydroxyl groups is 3. The maximum Gasteiger partial charge on any atom is 0.309 e. The lowest BCUT2D eigenvalue weighted by Crippen LogP contribution is -2.66. The largest absolute Gasteiger partial charge is 0.462 e. The summed E-state index contributed by atoms with van der Waals surface area (Å²) < 4.78 is 48.5. The molecule has 16 nitrogen and oxygen atoms in total. The number of hydrogen-bond acceptors (Lipinski definition) is 16. The number of hydrogen-bond donors (Lipinski definition) is 3. The van der Waals surface area contributed by atoms with Gasteiger partial charge >= 0.3 is 17.9 Å². The summed E-state index contributed by atoms with van der Waals surface area (Å²) in [6.07, 6.45) is -4.08. The first-order valence-corrected chi connectivity index (χ1v) is 20.1. The van der Waals surface area contributed by atoms with Gasteiger partial charge < -0.3 is 62.9 Å². The summed E-state index contributed by atoms with van der Waals surface area (Å²) in [6, 6.07) is -0.779. The molecule has 16 atom stereocenters. The summed E-state index contributed by atoms with van der Waals surface area (Å²) >= 11 is 0. The van der Waals surface area contributed by atoms with Crippen LogP contribution < -0.4 is 0 Å². The minimum atomic E-state index is -1.49. The van der Waals surface area contributed by atoms with Gasteiger partial charge in [0.25, 0.3) is 0 Å². The van der Waals surface area contributed by atoms with Crippen LogP contribution in [0.1, 0.15) is 93.4 Å². The van der Waals surface area contributed by atoms with Crippen molar-refractivity contribution in [3.05, 3.63) is 24.3 Å². The lowest BCUT2D eigenvalue weighted by molar-refractivity contribution is -0.344. The second kappa shape index (κ2) is 22.5. The third-order valence-electron chi connectivity index (χ3n) is 10.9. The van der Waals surface area contributed by atoms with E-state index < -0.39 is 121 Å². The fourth-order valence-corrected chi connectivity index (χ4v) is 7.82. The summed E-state index contributed by atoms with van der Waals surface area (Å²) in [5.41, 5.74) is -1.49. The maximum absolute atomic E-state index is 13.3. The van der Waals surface area contributed by atoms with Crippen LogP contribution in [-0.4, -0.2) is 151 Å². The summed E-state index contributed by atoms with van der Waals surface area (Å²) in [5.74, 6) is -2.82. The number of esters is 3. The number of rotatable bonds is 12. The van der Waals surface area contributed by atoms with Crippen molar-refractivity contribution in [2.24, 2.45) is 11.8 Å². The molecule has 0 saturated carbocycles. The molecule has 16 heteroatoms. The van der Waals surface area contributed by atoms with Crippen LogP contribution in [-0.2, 0) is 57.1 Å². The number of aldehydes is 1. The number of aliphatic hydroxyl groups excluding tert-OH is 2. The van der Waals surface area contributed by atoms with Gasteiger partial charge in [0.15, 0.2) is 18.7 Å². The zero-order chi connectivity index (χ0) is 42.6. The molecule has 2 saturated heterocycles. The molecule has 2 fully saturated rings. The number of carbonyl (C=O) groups excluding carboxylic acids is 4. The molecule has 0 aromatic carbocycles. The molecule has 326 valence electrons. The number of carbonyl (C=O) groups is 4. The number of allylic oxidation sites excluding steroid dienone is 2. The van der Waals surface area contributed by atoms with Crippen LogP contribution >= 0.6 is 0 Å². The first kappa shape index (κ1) is 48.6. The van der Waals surface area contributed by atoms with E-state index in [0.29, 0.717) is 12.7 Å². The molecule has 3 N–H and O–H groups in total. The zero-order valence-electron chi connectivity index (χ0n) is 35.2. The van der Waals surface area contributed by atoms with Crippen molar-refractivity contribution in [3.63, 3.8) is 0 Å². The van der Waals surface area contributed by atoms with Crippen LogP contribution in [0.15, 0.2) is 24.3 Å². The quantitative estimate of drug-likeness (QED) is 0.147. The smallest absolute Gasteiger partial charge is 0.309 e. The molecule has 0 spiro atoms. The molecule has 3 rings (SSSR count). The van der Waals surface area contributed by atoms with Gasteiger partial charge in [-0.3, -0.25) is 14.4 Å². The Balaban J connectivity index is 2.01. The molecule has 0 aliphatic carbocycles. The average Bonchev–Trinajstić information content (AvgIpc) is 3.13. The molecule has 3 heterocycles. The topological polar surface area (TPSA) is 206 Å². The molecule has 0 bridgehead atoms. The Morgan fingerprint density at radius 1 is 0.965 bits per heavy atom. The lowest BCUT2D eigenvalue weighted by Gasteiger charge is -2.50. The summed E-state index contributed by atoms with van der Waals surface area (Å²) in [5, 5.41) is 34.5. The van der Waals surface area contributed by atoms with Gasteiger partial charge in [-0.25, -0.2) is 0 Å². The van der Waals surface area contributed by atoms with Crippen LogP contribution in [0.25, 0.3) is 0 Å². The van der Waals surface area contributed by atoms with Crippen LogP contribution in [0.4, 0.5) is 0 Å². The van der Waals surface area contributed by atoms with Crippen molar-refractivity contribution in [3.8, 4) is 0 Å². The molecule has 0 aromatic heterocycles. The highest BCUT2D eigenvalue weighted by Crippen LogP contribution is 2.37. The number of likely N-dealkylation sites (N-methyl/N-ethyl adjacent to an activating group) is 1. The minimum absolute atomic E-state index is 0.000633. The van der Waals surface area contributed by atoms with E-state index in [4.69, 9.17) is 37.9 Å². The van der Waals surface area contributed by atoms with E-state index in [-0.39, 0.29) is 32.1 Å². The standard InChI is InChI=1S/C41H67NO15/c1-11-30(45)54-29-21-32(47)51-24(4)16-14-13-15-17-28(44)23(3)20-27(18-19-43)37(38(29)50-10)57-40-35(48)34(42(8)9)36(25(5)53-40)56-33-22-41(7,49)39(26(6)52-33)55-31(46)12-2/h13-15,17,19,23-29,33-40,44,48-49H,11-12,16,18,20-22H2,1-10H3/b14-13-,17-15+. The Hall–Kier alpha value is -2.80. The fourth-order valence-electron chi connectivity index (χ4n) is 7.82. The summed E-state index contributed by atoms with van der Waals surface area (Å²) in [6.45, 7) is 11.8. The molecule has 3 aliphatic heterocycles. The van der Waals surface area contributed by atoms with Crippen molar-refractivity contribution >= 4 is 24.2 Å². The Labute approximate surface area is 337 Å². The van der Waals surface area contributed by atoms with Gasteiger partial charge in [0, 0.05) is 39.2 Å². The zero-order valence-corrected chi connectivity index (χ0v) is 35.2. The molecule has 16 unspecified atom stereocenters. The molecular formula is C41H67NO15. The van der Waals surface area contributed by atoms with Gasteiger partial charge in [-0.05, 0) is 60.0 Å². The number of nitrogens with zero attached hydrogens (tertiary/aromatic N) is 1. The second-order valence-corrected chi connectivity index (χ2v) is 16.0. The molecule has 0 amide bonds. The summed E-state index contributed by atoms with van der Waals surface area (Å²) in [7, 11) is 4.86. The third kappa shape index (κ3) is 13.6. The van der Waals surface area contributed by atoms with E-state index in [9.17, 15) is 34.5 Å². The van der Waals surface area contributed by atoms with Crippen LogP contribution in [0.3, 0.4) is 0 Å². The van der Waals surface area contributed by atoms with E-state index in [1.807, 2.05) is 13.0 Å². The van der Waals surface area contributed by atoms with Gasteiger partial charge in [-0.2, -0.15) is 0 Å². The highest BCUT2D eigenvalue weighted by molar-refractivity contribution is 5.72. The molecule has 57 heavy (non-hydrogen) atoms. The predicted molar refractivity (Wildman–Crippen MR) is 205 cm³/mol. The van der Waals surface area contributed by atoms with Crippen molar-refractivity contribution in [2.45, 2.75) is 179 Å². The van der Waals surface area contributed by atoms with Gasteiger partial charge in [-0.15, -0.1) is 0 Å². The monoisotopic (exact) mass is 813 g/mol. The van der Waals surface area contributed by atoms with Crippen LogP contribution in [0.2, 0.25) is 0 Å². The number of methoxy groups -OCH3 is 1. The van der Waals surface area contributed by atoms with Crippen molar-refractivity contribution < 1.29 is 72.4 Å². The SMILES string of the molecule is CCC(=O)OC1CC(=O)OC(C)C/C=C\C=C\C(O)C(C)CC(CC=O)C(OC2OC(C)C(OC3CC(C)(O)C(OC(=O)CC)C(C)O3)C(N(C)C)C2O)C1OC. The fraction of sp³-hybridized carbons (Fsp3) is 0.805. The van der Waals surface area contributed by atoms with E-state index >= 15 is 0 Å². The number of cyclic esters (lactones) is 1. The summed E-state index contributed by atoms with van der Waals surface area (Å²) in [4.78, 5) is 52.3. The Morgan fingerprint density at radius 2 is 1.63 bits per heavy atom. The molecule has 0 aromatic rings. The number of ether oxygens (including phenoxy) is 8. The van der Waals surface area contributed by atoms with Crippen LogP contribution in [0.5, 0.6) is 0 Å². The van der Waals surface area contributed by atoms with Gasteiger partial charge in [-0.1, -0.05) is 45.1 Å². The molecular weight excluding hydrogens is 746 g/mol. The maximum atomic E-state index is 13.3. The second-order valence-electron chi connectivity index (χ2n) is 16.0. The first-order chi connectivity index (χ1) is 26.9. The Morgan fingerprint density at radius 3 is 2.23 bits per heavy atom. The highest BCUT2D eigenvalue weighted by atomic mass is 16.7. The van der Waals surface area contributed by atoms with Crippen LogP contribution in [0, 0.1) is 11.8 Å². The average molecular weight is 814 g/mol. The van der Waals surface area contributed by atoms with Crippen molar-refractivity contribution in [1.29, 1.82) is 0 Å². The Kier molecular flexibility index (Phi) is 19.2. The lowest BCUT2D eigenvalue weighted by atomic mass is 9.82. The van der Waals surface area contributed by atoms with E-state index in [2.05, 4.69) is 0 Å². The highest BCUT2D eigenvalue weighted by Gasteiger charge is 2.53. The predicted octanol–water partition coefficient (Wildman–Crippen LogP) is 2.77. The molecule has 0 radical (unpaired) electrons. The van der Waals surface area contributed by atoms with Gasteiger partial charge in [0.2, 0.25) is 0 Å². The normalized spacial score (nSPS) is 41.1. The minimum Gasteiger partial charge on any atom is -0.462 e. The van der Waals surface area contributed by atoms with E-state index in [1.54, 1.807) is 78.8 Å². The van der Waals surface area contributed by atoms with E-state index in [0.717, 1.165) is 0 Å². The Bertz CT molecular complexity index is 1350. The third-order valence-corrected chi connectivity index (χ3v) is 10.9. The van der Waals surface area contributed by atoms with Crippen molar-refractivity contribution in [1.82, 2.24) is 4.90 Å². The van der Waals surface area contributed by atoms with Crippen molar-refractivity contribution in [2.75, 3.05) is 21.2 Å².